The Kier molecular flexibility index (Phi) is 2.26. The Bertz CT molecular complexity index is 103. The van der Waals surface area contributed by atoms with Crippen LogP contribution in [0.4, 0.5) is 0 Å². The zero-order valence-corrected chi connectivity index (χ0v) is 6.02. The monoisotopic (exact) mass is 126 g/mol. The van der Waals surface area contributed by atoms with Crippen LogP contribution >= 0.6 is 0 Å². The molecule has 0 bridgehead atoms. The second kappa shape index (κ2) is 3.00. The molecule has 0 radical (unpaired) electrons. The summed E-state index contributed by atoms with van der Waals surface area (Å²) in [7, 11) is 0. The molecule has 1 rings (SSSR count). The third-order valence-corrected chi connectivity index (χ3v) is 1.74. The molecule has 1 aliphatic carbocycles. The van der Waals surface area contributed by atoms with Crippen LogP contribution in [0.1, 0.15) is 39.0 Å². The van der Waals surface area contributed by atoms with E-state index in [4.69, 9.17) is 0 Å². The van der Waals surface area contributed by atoms with Gasteiger partial charge in [-0.15, -0.1) is 0 Å². The number of hydrogen-bond donors (Lipinski definition) is 0. The third kappa shape index (κ3) is 2.64. The molecule has 0 spiro atoms. The normalized spacial score (nSPS) is 17.9. The molecule has 0 aromatic rings. The summed E-state index contributed by atoms with van der Waals surface area (Å²) in [6.07, 6.45) is 5.29. The molecule has 0 aromatic carbocycles. The van der Waals surface area contributed by atoms with Gasteiger partial charge in [0.1, 0.15) is 5.78 Å². The highest BCUT2D eigenvalue weighted by molar-refractivity contribution is 5.78. The summed E-state index contributed by atoms with van der Waals surface area (Å²) >= 11 is 0. The molecular weight excluding hydrogens is 112 g/mol. The maximum atomic E-state index is 10.9. The van der Waals surface area contributed by atoms with Crippen molar-refractivity contribution in [1.29, 1.82) is 0 Å². The molecule has 1 fully saturated rings. The van der Waals surface area contributed by atoms with E-state index in [1.165, 1.54) is 12.8 Å². The predicted molar refractivity (Wildman–Crippen MR) is 37.3 cm³/mol. The van der Waals surface area contributed by atoms with Gasteiger partial charge in [0.2, 0.25) is 0 Å². The van der Waals surface area contributed by atoms with Gasteiger partial charge < -0.3 is 0 Å². The smallest absolute Gasteiger partial charge is 0.133 e. The highest BCUT2D eigenvalue weighted by atomic mass is 16.1. The third-order valence-electron chi connectivity index (χ3n) is 1.74. The standard InChI is InChI=1S/C8H14O/c1-2-3-8(9)6-7-4-5-7/h7H,2-6H2,1H3. The number of Topliss-reactive ketones (excluding diaryl/α,β-unsaturated/α-hetero) is 1. The zero-order chi connectivity index (χ0) is 6.69. The molecule has 0 aliphatic heterocycles. The lowest BCUT2D eigenvalue weighted by atomic mass is 10.1. The molecule has 0 N–H and O–H groups in total. The molecule has 0 heterocycles. The number of carbonyl (C=O) groups is 1. The van der Waals surface area contributed by atoms with E-state index in [1.54, 1.807) is 0 Å². The minimum atomic E-state index is 0.472. The lowest BCUT2D eigenvalue weighted by Gasteiger charge is -1.93. The SMILES string of the molecule is CCCC(=O)CC1CC1. The first kappa shape index (κ1) is 6.79. The Balaban J connectivity index is 2.02. The van der Waals surface area contributed by atoms with Crippen LogP contribution in [-0.2, 0) is 4.79 Å². The number of hydrogen-bond acceptors (Lipinski definition) is 1. The molecule has 0 unspecified atom stereocenters. The highest BCUT2D eigenvalue weighted by Gasteiger charge is 2.23. The fourth-order valence-electron chi connectivity index (χ4n) is 1.02. The Morgan fingerprint density at radius 3 is 2.67 bits per heavy atom. The van der Waals surface area contributed by atoms with Crippen LogP contribution in [0.2, 0.25) is 0 Å². The molecule has 1 saturated carbocycles. The van der Waals surface area contributed by atoms with Gasteiger partial charge in [-0.2, -0.15) is 0 Å². The van der Waals surface area contributed by atoms with E-state index in [2.05, 4.69) is 6.92 Å². The Morgan fingerprint density at radius 2 is 2.22 bits per heavy atom. The molecule has 9 heavy (non-hydrogen) atoms. The number of rotatable bonds is 4. The van der Waals surface area contributed by atoms with E-state index in [-0.39, 0.29) is 0 Å². The lowest BCUT2D eigenvalue weighted by molar-refractivity contribution is -0.119. The van der Waals surface area contributed by atoms with Crippen LogP contribution in [0.5, 0.6) is 0 Å². The average Bonchev–Trinajstić information content (AvgIpc) is 2.50. The van der Waals surface area contributed by atoms with Crippen LogP contribution in [0.25, 0.3) is 0 Å². The van der Waals surface area contributed by atoms with Crippen molar-refractivity contribution >= 4 is 5.78 Å². The van der Waals surface area contributed by atoms with Crippen molar-refractivity contribution in [2.24, 2.45) is 5.92 Å². The topological polar surface area (TPSA) is 17.1 Å². The maximum Gasteiger partial charge on any atom is 0.133 e. The predicted octanol–water partition coefficient (Wildman–Crippen LogP) is 2.16. The van der Waals surface area contributed by atoms with E-state index in [0.29, 0.717) is 5.78 Å². The lowest BCUT2D eigenvalue weighted by Crippen LogP contribution is -1.96. The van der Waals surface area contributed by atoms with Crippen molar-refractivity contribution in [3.05, 3.63) is 0 Å². The Labute approximate surface area is 56.4 Å². The largest absolute Gasteiger partial charge is 0.300 e. The quantitative estimate of drug-likeness (QED) is 0.564. The summed E-state index contributed by atoms with van der Waals surface area (Å²) in [5.41, 5.74) is 0. The van der Waals surface area contributed by atoms with E-state index in [9.17, 15) is 4.79 Å². The van der Waals surface area contributed by atoms with Crippen LogP contribution in [-0.4, -0.2) is 5.78 Å². The fourth-order valence-corrected chi connectivity index (χ4v) is 1.02. The number of ketones is 1. The molecule has 1 heteroatoms. The number of carbonyl (C=O) groups excluding carboxylic acids is 1. The van der Waals surface area contributed by atoms with Crippen molar-refractivity contribution in [3.8, 4) is 0 Å². The molecule has 0 amide bonds. The van der Waals surface area contributed by atoms with Crippen LogP contribution in [0.15, 0.2) is 0 Å². The van der Waals surface area contributed by atoms with E-state index >= 15 is 0 Å². The molecule has 0 atom stereocenters. The maximum absolute atomic E-state index is 10.9. The van der Waals surface area contributed by atoms with E-state index < -0.39 is 0 Å². The molecule has 0 aromatic heterocycles. The summed E-state index contributed by atoms with van der Waals surface area (Å²) in [6.45, 7) is 2.06. The van der Waals surface area contributed by atoms with Crippen molar-refractivity contribution < 1.29 is 4.79 Å². The molecule has 0 saturated heterocycles. The fraction of sp³-hybridized carbons (Fsp3) is 0.875. The zero-order valence-electron chi connectivity index (χ0n) is 6.02. The highest BCUT2D eigenvalue weighted by Crippen LogP contribution is 2.32. The average molecular weight is 126 g/mol. The van der Waals surface area contributed by atoms with Gasteiger partial charge >= 0.3 is 0 Å². The first-order chi connectivity index (χ1) is 4.33. The van der Waals surface area contributed by atoms with Gasteiger partial charge in [-0.1, -0.05) is 6.92 Å². The second-order valence-corrected chi connectivity index (χ2v) is 2.94. The molecule has 1 aliphatic rings. The van der Waals surface area contributed by atoms with E-state index in [0.717, 1.165) is 25.2 Å². The van der Waals surface area contributed by atoms with Gasteiger partial charge in [-0.25, -0.2) is 0 Å². The summed E-state index contributed by atoms with van der Waals surface area (Å²) in [5, 5.41) is 0. The van der Waals surface area contributed by atoms with Gasteiger partial charge in [-0.3, -0.25) is 4.79 Å². The summed E-state index contributed by atoms with van der Waals surface area (Å²) in [5.74, 6) is 1.25. The van der Waals surface area contributed by atoms with Crippen molar-refractivity contribution in [1.82, 2.24) is 0 Å². The first-order valence-electron chi connectivity index (χ1n) is 3.84. The summed E-state index contributed by atoms with van der Waals surface area (Å²) in [6, 6.07) is 0. The molecule has 1 nitrogen and oxygen atoms in total. The van der Waals surface area contributed by atoms with Gasteiger partial charge in [-0.05, 0) is 25.2 Å². The van der Waals surface area contributed by atoms with Crippen molar-refractivity contribution in [2.45, 2.75) is 39.0 Å². The van der Waals surface area contributed by atoms with Crippen LogP contribution in [0.3, 0.4) is 0 Å². The molecular formula is C8H14O. The van der Waals surface area contributed by atoms with Crippen molar-refractivity contribution in [3.63, 3.8) is 0 Å². The van der Waals surface area contributed by atoms with Gasteiger partial charge in [0.15, 0.2) is 0 Å². The van der Waals surface area contributed by atoms with Gasteiger partial charge in [0.25, 0.3) is 0 Å². The minimum Gasteiger partial charge on any atom is -0.300 e. The Hall–Kier alpha value is -0.330. The Morgan fingerprint density at radius 1 is 1.56 bits per heavy atom. The van der Waals surface area contributed by atoms with Crippen LogP contribution < -0.4 is 0 Å². The first-order valence-corrected chi connectivity index (χ1v) is 3.84. The van der Waals surface area contributed by atoms with Crippen molar-refractivity contribution in [2.75, 3.05) is 0 Å². The minimum absolute atomic E-state index is 0.472. The summed E-state index contributed by atoms with van der Waals surface area (Å²) < 4.78 is 0. The van der Waals surface area contributed by atoms with Crippen LogP contribution in [0, 0.1) is 5.92 Å². The van der Waals surface area contributed by atoms with E-state index in [1.807, 2.05) is 0 Å². The molecule has 52 valence electrons. The van der Waals surface area contributed by atoms with Gasteiger partial charge in [0.05, 0.1) is 0 Å². The van der Waals surface area contributed by atoms with Gasteiger partial charge in [0, 0.05) is 12.8 Å². The second-order valence-electron chi connectivity index (χ2n) is 2.94. The summed E-state index contributed by atoms with van der Waals surface area (Å²) in [4.78, 5) is 10.9.